The van der Waals surface area contributed by atoms with Crippen LogP contribution in [0.4, 0.5) is 0 Å². The molecule has 0 unspecified atom stereocenters. The van der Waals surface area contributed by atoms with Gasteiger partial charge in [-0.25, -0.2) is 0 Å². The minimum absolute atomic E-state index is 0.682. The fourth-order valence-corrected chi connectivity index (χ4v) is 1.99. The summed E-state index contributed by atoms with van der Waals surface area (Å²) in [5.41, 5.74) is 0. The van der Waals surface area contributed by atoms with Gasteiger partial charge in [-0.1, -0.05) is 44.3 Å². The average Bonchev–Trinajstić information content (AvgIpc) is 2.19. The van der Waals surface area contributed by atoms with Crippen LogP contribution in [0.2, 0.25) is 0 Å². The van der Waals surface area contributed by atoms with Gasteiger partial charge in [0, 0.05) is 6.42 Å². The molecular weight excluding hydrogens is 160 g/mol. The first-order chi connectivity index (χ1) is 6.43. The second-order valence-electron chi connectivity index (χ2n) is 3.96. The zero-order chi connectivity index (χ0) is 9.36. The molecule has 0 heterocycles. The molecule has 0 radical (unpaired) electrons. The van der Waals surface area contributed by atoms with Gasteiger partial charge in [-0.15, -0.1) is 0 Å². The second kappa shape index (κ2) is 6.88. The van der Waals surface area contributed by atoms with Crippen molar-refractivity contribution < 1.29 is 4.79 Å². The molecule has 13 heavy (non-hydrogen) atoms. The topological polar surface area (TPSA) is 17.1 Å². The highest BCUT2D eigenvalue weighted by atomic mass is 16.1. The van der Waals surface area contributed by atoms with Crippen LogP contribution in [0.3, 0.4) is 0 Å². The third-order valence-corrected chi connectivity index (χ3v) is 2.81. The van der Waals surface area contributed by atoms with E-state index in [4.69, 9.17) is 0 Å². The number of carbonyl (C=O) groups is 1. The van der Waals surface area contributed by atoms with Gasteiger partial charge < -0.3 is 4.79 Å². The number of rotatable bonds is 5. The van der Waals surface area contributed by atoms with Crippen LogP contribution in [0.1, 0.15) is 51.4 Å². The summed E-state index contributed by atoms with van der Waals surface area (Å²) in [5, 5.41) is 0. The molecule has 74 valence electrons. The molecule has 0 aromatic rings. The van der Waals surface area contributed by atoms with Gasteiger partial charge in [-0.2, -0.15) is 0 Å². The monoisotopic (exact) mass is 180 g/mol. The number of unbranched alkanes of at least 4 members (excludes halogenated alkanes) is 1. The Kier molecular flexibility index (Phi) is 5.55. The summed E-state index contributed by atoms with van der Waals surface area (Å²) < 4.78 is 0. The summed E-state index contributed by atoms with van der Waals surface area (Å²) in [4.78, 5) is 10.0. The Bertz CT molecular complexity index is 155. The van der Waals surface area contributed by atoms with E-state index in [-0.39, 0.29) is 0 Å². The van der Waals surface area contributed by atoms with Gasteiger partial charge in [0.15, 0.2) is 0 Å². The van der Waals surface area contributed by atoms with Crippen LogP contribution in [0, 0.1) is 5.92 Å². The van der Waals surface area contributed by atoms with E-state index in [0.717, 1.165) is 18.6 Å². The molecule has 0 spiro atoms. The molecule has 1 heteroatoms. The normalized spacial score (nSPS) is 19.4. The molecule has 0 N–H and O–H groups in total. The molecule has 0 atom stereocenters. The van der Waals surface area contributed by atoms with Crippen molar-refractivity contribution in [1.82, 2.24) is 0 Å². The predicted octanol–water partition coefficient (Wildman–Crippen LogP) is 3.49. The van der Waals surface area contributed by atoms with E-state index in [1.54, 1.807) is 0 Å². The van der Waals surface area contributed by atoms with E-state index in [2.05, 4.69) is 12.2 Å². The third-order valence-electron chi connectivity index (χ3n) is 2.81. The van der Waals surface area contributed by atoms with Gasteiger partial charge >= 0.3 is 0 Å². The largest absolute Gasteiger partial charge is 0.303 e. The van der Waals surface area contributed by atoms with Crippen molar-refractivity contribution in [2.45, 2.75) is 51.4 Å². The molecule has 0 saturated heterocycles. The van der Waals surface area contributed by atoms with Crippen molar-refractivity contribution in [1.29, 1.82) is 0 Å². The maximum Gasteiger partial charge on any atom is 0.120 e. The highest BCUT2D eigenvalue weighted by molar-refractivity contribution is 5.49. The Morgan fingerprint density at radius 2 is 1.77 bits per heavy atom. The lowest BCUT2D eigenvalue weighted by atomic mass is 9.87. The molecule has 0 aromatic carbocycles. The lowest BCUT2D eigenvalue weighted by molar-refractivity contribution is -0.107. The molecular formula is C12H20O. The summed E-state index contributed by atoms with van der Waals surface area (Å²) in [6, 6.07) is 0. The highest BCUT2D eigenvalue weighted by Gasteiger charge is 2.10. The first kappa shape index (κ1) is 10.5. The maximum atomic E-state index is 10.0. The summed E-state index contributed by atoms with van der Waals surface area (Å²) in [6.07, 6.45) is 15.4. The predicted molar refractivity (Wildman–Crippen MR) is 55.6 cm³/mol. The van der Waals surface area contributed by atoms with Gasteiger partial charge in [-0.3, -0.25) is 0 Å². The summed E-state index contributed by atoms with van der Waals surface area (Å²) in [5.74, 6) is 0.932. The minimum atomic E-state index is 0.682. The quantitative estimate of drug-likeness (QED) is 0.359. The molecule has 1 saturated carbocycles. The Labute approximate surface area is 81.2 Å². The van der Waals surface area contributed by atoms with Crippen LogP contribution in [0.15, 0.2) is 12.2 Å². The van der Waals surface area contributed by atoms with Crippen molar-refractivity contribution in [3.8, 4) is 0 Å². The number of carbonyl (C=O) groups excluding carboxylic acids is 1. The zero-order valence-corrected chi connectivity index (χ0v) is 8.37. The first-order valence-electron chi connectivity index (χ1n) is 5.52. The van der Waals surface area contributed by atoms with Crippen molar-refractivity contribution in [3.05, 3.63) is 12.2 Å². The van der Waals surface area contributed by atoms with Crippen LogP contribution in [-0.4, -0.2) is 6.29 Å². The van der Waals surface area contributed by atoms with Gasteiger partial charge in [-0.05, 0) is 18.8 Å². The SMILES string of the molecule is O=CCC/C=C/CC1CCCCC1. The Morgan fingerprint density at radius 3 is 2.46 bits per heavy atom. The maximum absolute atomic E-state index is 10.0. The van der Waals surface area contributed by atoms with Gasteiger partial charge in [0.2, 0.25) is 0 Å². The molecule has 1 nitrogen and oxygen atoms in total. The van der Waals surface area contributed by atoms with E-state index in [0.29, 0.717) is 6.42 Å². The van der Waals surface area contributed by atoms with Gasteiger partial charge in [0.05, 0.1) is 0 Å². The average molecular weight is 180 g/mol. The van der Waals surface area contributed by atoms with Crippen molar-refractivity contribution in [3.63, 3.8) is 0 Å². The second-order valence-corrected chi connectivity index (χ2v) is 3.96. The molecule has 0 amide bonds. The lowest BCUT2D eigenvalue weighted by Crippen LogP contribution is -2.04. The van der Waals surface area contributed by atoms with Crippen LogP contribution in [0.25, 0.3) is 0 Å². The molecule has 0 bridgehead atoms. The zero-order valence-electron chi connectivity index (χ0n) is 8.37. The summed E-state index contributed by atoms with van der Waals surface area (Å²) >= 11 is 0. The van der Waals surface area contributed by atoms with Crippen LogP contribution in [-0.2, 0) is 4.79 Å². The minimum Gasteiger partial charge on any atom is -0.303 e. The molecule has 1 aliphatic rings. The van der Waals surface area contributed by atoms with Crippen LogP contribution >= 0.6 is 0 Å². The summed E-state index contributed by atoms with van der Waals surface area (Å²) in [6.45, 7) is 0. The van der Waals surface area contributed by atoms with E-state index < -0.39 is 0 Å². The Hall–Kier alpha value is -0.590. The van der Waals surface area contributed by atoms with Crippen molar-refractivity contribution >= 4 is 6.29 Å². The van der Waals surface area contributed by atoms with E-state index in [9.17, 15) is 4.79 Å². The molecule has 0 aromatic heterocycles. The van der Waals surface area contributed by atoms with Crippen LogP contribution in [0.5, 0.6) is 0 Å². The molecule has 1 fully saturated rings. The number of aldehydes is 1. The van der Waals surface area contributed by atoms with Gasteiger partial charge in [0.1, 0.15) is 6.29 Å². The van der Waals surface area contributed by atoms with Gasteiger partial charge in [0.25, 0.3) is 0 Å². The number of allylic oxidation sites excluding steroid dienone is 2. The standard InChI is InChI=1S/C12H20O/c13-11-7-2-1-4-8-12-9-5-3-6-10-12/h1,4,11-12H,2-3,5-10H2/b4-1+. The summed E-state index contributed by atoms with van der Waals surface area (Å²) in [7, 11) is 0. The molecule has 0 aliphatic heterocycles. The highest BCUT2D eigenvalue weighted by Crippen LogP contribution is 2.26. The van der Waals surface area contributed by atoms with E-state index >= 15 is 0 Å². The van der Waals surface area contributed by atoms with Crippen molar-refractivity contribution in [2.75, 3.05) is 0 Å². The molecule has 1 aliphatic carbocycles. The van der Waals surface area contributed by atoms with E-state index in [1.165, 1.54) is 38.5 Å². The number of hydrogen-bond acceptors (Lipinski definition) is 1. The third kappa shape index (κ3) is 4.87. The number of hydrogen-bond donors (Lipinski definition) is 0. The Morgan fingerprint density at radius 1 is 1.00 bits per heavy atom. The smallest absolute Gasteiger partial charge is 0.120 e. The fourth-order valence-electron chi connectivity index (χ4n) is 1.99. The molecule has 1 rings (SSSR count). The lowest BCUT2D eigenvalue weighted by Gasteiger charge is -2.19. The fraction of sp³-hybridized carbons (Fsp3) is 0.750. The van der Waals surface area contributed by atoms with E-state index in [1.807, 2.05) is 0 Å². The Balaban J connectivity index is 2.02. The van der Waals surface area contributed by atoms with Crippen molar-refractivity contribution in [2.24, 2.45) is 5.92 Å². The first-order valence-corrected chi connectivity index (χ1v) is 5.52. The van der Waals surface area contributed by atoms with Crippen LogP contribution < -0.4 is 0 Å².